The second-order valence-corrected chi connectivity index (χ2v) is 16.9. The van der Waals surface area contributed by atoms with Gasteiger partial charge in [-0.25, -0.2) is 0 Å². The molecule has 0 aliphatic carbocycles. The van der Waals surface area contributed by atoms with Crippen molar-refractivity contribution in [2.45, 2.75) is 92.4 Å². The van der Waals surface area contributed by atoms with Crippen molar-refractivity contribution in [2.24, 2.45) is 0 Å². The summed E-state index contributed by atoms with van der Waals surface area (Å²) >= 11 is 0. The van der Waals surface area contributed by atoms with Gasteiger partial charge in [0.05, 0.1) is 29.8 Å². The number of benzene rings is 5. The average molecular weight is 687 g/mol. The quantitative estimate of drug-likeness (QED) is 0.0812. The SMILES string of the molecule is CCCCOc1ccc(P(=O)(C(c2ccccc2)c2c(C)cc(C)cc2C)C(c2ccccc2)c2c(C)cc(C)cc2C)c(OCCCC)c1. The molecular weight excluding hydrogens is 631 g/mol. The van der Waals surface area contributed by atoms with E-state index in [1.165, 1.54) is 11.1 Å². The van der Waals surface area contributed by atoms with Crippen molar-refractivity contribution in [3.05, 3.63) is 159 Å². The molecule has 50 heavy (non-hydrogen) atoms. The van der Waals surface area contributed by atoms with Crippen LogP contribution in [0, 0.1) is 41.5 Å². The van der Waals surface area contributed by atoms with Crippen molar-refractivity contribution in [2.75, 3.05) is 13.2 Å². The van der Waals surface area contributed by atoms with Crippen molar-refractivity contribution in [3.8, 4) is 11.5 Å². The summed E-state index contributed by atoms with van der Waals surface area (Å²) in [6, 6.07) is 36.1. The predicted molar refractivity (Wildman–Crippen MR) is 212 cm³/mol. The molecule has 0 radical (unpaired) electrons. The van der Waals surface area contributed by atoms with Gasteiger partial charge in [-0.15, -0.1) is 0 Å². The van der Waals surface area contributed by atoms with E-state index in [1.54, 1.807) is 0 Å². The summed E-state index contributed by atoms with van der Waals surface area (Å²) in [7, 11) is -3.64. The summed E-state index contributed by atoms with van der Waals surface area (Å²) in [6.45, 7) is 18.5. The Labute approximate surface area is 301 Å². The fraction of sp³-hybridized carbons (Fsp3) is 0.348. The van der Waals surface area contributed by atoms with Gasteiger partial charge < -0.3 is 14.0 Å². The lowest BCUT2D eigenvalue weighted by molar-refractivity contribution is 0.295. The summed E-state index contributed by atoms with van der Waals surface area (Å²) in [5, 5.41) is 0.762. The second-order valence-electron chi connectivity index (χ2n) is 14.0. The van der Waals surface area contributed by atoms with Crippen LogP contribution in [0.15, 0.2) is 103 Å². The minimum atomic E-state index is -3.64. The predicted octanol–water partition coefficient (Wildman–Crippen LogP) is 12.5. The van der Waals surface area contributed by atoms with Crippen LogP contribution < -0.4 is 14.8 Å². The lowest BCUT2D eigenvalue weighted by atomic mass is 9.93. The fourth-order valence-electron chi connectivity index (χ4n) is 7.75. The fourth-order valence-corrected chi connectivity index (χ4v) is 12.2. The zero-order chi connectivity index (χ0) is 35.8. The van der Waals surface area contributed by atoms with E-state index in [4.69, 9.17) is 9.47 Å². The van der Waals surface area contributed by atoms with Gasteiger partial charge in [0.2, 0.25) is 0 Å². The van der Waals surface area contributed by atoms with Gasteiger partial charge in [0, 0.05) is 6.07 Å². The van der Waals surface area contributed by atoms with Crippen LogP contribution in [0.2, 0.25) is 0 Å². The molecule has 4 heteroatoms. The zero-order valence-corrected chi connectivity index (χ0v) is 32.3. The van der Waals surface area contributed by atoms with Gasteiger partial charge in [0.15, 0.2) is 0 Å². The van der Waals surface area contributed by atoms with Crippen LogP contribution in [-0.2, 0) is 4.57 Å². The Bertz CT molecular complexity index is 1780. The van der Waals surface area contributed by atoms with Crippen LogP contribution in [0.25, 0.3) is 0 Å². The smallest absolute Gasteiger partial charge is 0.141 e. The van der Waals surface area contributed by atoms with E-state index in [1.807, 2.05) is 24.3 Å². The normalized spacial score (nSPS) is 13.8. The Morgan fingerprint density at radius 1 is 0.540 bits per heavy atom. The highest BCUT2D eigenvalue weighted by Crippen LogP contribution is 2.73. The van der Waals surface area contributed by atoms with Gasteiger partial charge in [-0.2, -0.15) is 0 Å². The van der Waals surface area contributed by atoms with E-state index in [0.29, 0.717) is 19.0 Å². The molecule has 0 aromatic heterocycles. The van der Waals surface area contributed by atoms with Gasteiger partial charge in [-0.3, -0.25) is 0 Å². The molecule has 5 aromatic carbocycles. The van der Waals surface area contributed by atoms with Gasteiger partial charge in [-0.1, -0.05) is 123 Å². The summed E-state index contributed by atoms with van der Waals surface area (Å²) in [5.74, 6) is 1.40. The molecule has 0 N–H and O–H groups in total. The Hall–Kier alpha value is -4.07. The lowest BCUT2D eigenvalue weighted by Gasteiger charge is -2.39. The summed E-state index contributed by atoms with van der Waals surface area (Å²) in [5.41, 5.74) is 10.4. The molecule has 0 bridgehead atoms. The molecule has 0 aliphatic rings. The maximum absolute atomic E-state index is 17.7. The molecule has 0 amide bonds. The molecule has 0 saturated carbocycles. The van der Waals surface area contributed by atoms with E-state index in [0.717, 1.165) is 81.2 Å². The number of hydrogen-bond acceptors (Lipinski definition) is 3. The van der Waals surface area contributed by atoms with Crippen LogP contribution in [0.5, 0.6) is 11.5 Å². The van der Waals surface area contributed by atoms with Crippen LogP contribution in [-0.4, -0.2) is 13.2 Å². The molecule has 0 fully saturated rings. The molecule has 0 spiro atoms. The third-order valence-corrected chi connectivity index (χ3v) is 13.6. The number of ether oxygens (including phenoxy) is 2. The lowest BCUT2D eigenvalue weighted by Crippen LogP contribution is -2.24. The first-order chi connectivity index (χ1) is 24.1. The topological polar surface area (TPSA) is 35.5 Å². The van der Waals surface area contributed by atoms with Gasteiger partial charge in [-0.05, 0) is 111 Å². The Balaban J connectivity index is 1.96. The maximum atomic E-state index is 17.7. The molecule has 262 valence electrons. The minimum absolute atomic E-state index is 0.449. The van der Waals surface area contributed by atoms with Crippen molar-refractivity contribution in [3.63, 3.8) is 0 Å². The molecular formula is C46H55O3P. The molecule has 0 saturated heterocycles. The van der Waals surface area contributed by atoms with Gasteiger partial charge in [0.25, 0.3) is 0 Å². The Morgan fingerprint density at radius 3 is 1.38 bits per heavy atom. The largest absolute Gasteiger partial charge is 0.493 e. The van der Waals surface area contributed by atoms with E-state index in [-0.39, 0.29) is 0 Å². The number of aryl methyl sites for hydroxylation is 6. The van der Waals surface area contributed by atoms with Crippen molar-refractivity contribution in [1.29, 1.82) is 0 Å². The molecule has 5 aromatic rings. The summed E-state index contributed by atoms with van der Waals surface area (Å²) < 4.78 is 30.7. The molecule has 2 atom stereocenters. The summed E-state index contributed by atoms with van der Waals surface area (Å²) in [6.07, 6.45) is 3.93. The van der Waals surface area contributed by atoms with Crippen molar-refractivity contribution < 1.29 is 14.0 Å². The summed E-state index contributed by atoms with van der Waals surface area (Å²) in [4.78, 5) is 0. The highest BCUT2D eigenvalue weighted by molar-refractivity contribution is 7.73. The first-order valence-corrected chi connectivity index (χ1v) is 20.2. The number of hydrogen-bond donors (Lipinski definition) is 0. The molecule has 3 nitrogen and oxygen atoms in total. The van der Waals surface area contributed by atoms with Gasteiger partial charge >= 0.3 is 0 Å². The first-order valence-electron chi connectivity index (χ1n) is 18.3. The van der Waals surface area contributed by atoms with Crippen LogP contribution in [0.4, 0.5) is 0 Å². The minimum Gasteiger partial charge on any atom is -0.493 e. The standard InChI is InChI=1S/C46H55O3P/c1-9-11-25-48-40-23-24-42(41(31-40)49-26-12-10-2)50(47,45(38-19-15-13-16-20-38)43-34(5)27-32(3)28-35(43)6)46(39-21-17-14-18-22-39)44-36(7)29-33(4)30-37(44)8/h13-24,27-31,45-46H,9-12,25-26H2,1-8H3. The van der Waals surface area contributed by atoms with Gasteiger partial charge in [0.1, 0.15) is 18.6 Å². The van der Waals surface area contributed by atoms with Crippen molar-refractivity contribution >= 4 is 12.4 Å². The molecule has 0 heterocycles. The Morgan fingerprint density at radius 2 is 0.960 bits per heavy atom. The van der Waals surface area contributed by atoms with Crippen LogP contribution in [0.1, 0.15) is 106 Å². The monoisotopic (exact) mass is 686 g/mol. The molecule has 5 rings (SSSR count). The van der Waals surface area contributed by atoms with Crippen LogP contribution in [0.3, 0.4) is 0 Å². The van der Waals surface area contributed by atoms with Crippen LogP contribution >= 0.6 is 7.14 Å². The maximum Gasteiger partial charge on any atom is 0.141 e. The number of rotatable bonds is 15. The van der Waals surface area contributed by atoms with E-state index in [9.17, 15) is 0 Å². The highest BCUT2D eigenvalue weighted by Gasteiger charge is 2.48. The Kier molecular flexibility index (Phi) is 12.5. The molecule has 0 aliphatic heterocycles. The van der Waals surface area contributed by atoms with Crippen molar-refractivity contribution in [1.82, 2.24) is 0 Å². The average Bonchev–Trinajstić information content (AvgIpc) is 3.08. The molecule has 2 unspecified atom stereocenters. The van der Waals surface area contributed by atoms with E-state index in [2.05, 4.69) is 134 Å². The van der Waals surface area contributed by atoms with E-state index < -0.39 is 18.5 Å². The number of unbranched alkanes of at least 4 members (excludes halogenated alkanes) is 2. The highest BCUT2D eigenvalue weighted by atomic mass is 31.2. The van der Waals surface area contributed by atoms with E-state index >= 15 is 4.57 Å². The first kappa shape index (κ1) is 37.2. The zero-order valence-electron chi connectivity index (χ0n) is 31.4. The third-order valence-electron chi connectivity index (χ3n) is 9.85. The third kappa shape index (κ3) is 7.95. The second kappa shape index (κ2) is 16.8.